The highest BCUT2D eigenvalue weighted by molar-refractivity contribution is 5.93. The van der Waals surface area contributed by atoms with E-state index in [2.05, 4.69) is 47.1 Å². The Morgan fingerprint density at radius 3 is 2.62 bits per heavy atom. The summed E-state index contributed by atoms with van der Waals surface area (Å²) in [6.45, 7) is 0. The lowest BCUT2D eigenvalue weighted by Crippen LogP contribution is -2.02. The Hall–Kier alpha value is -2.79. The van der Waals surface area contributed by atoms with Gasteiger partial charge < -0.3 is 4.57 Å². The minimum atomic E-state index is 0.698. The largest absolute Gasteiger partial charge is 0.313 e. The van der Waals surface area contributed by atoms with Crippen LogP contribution in [0.25, 0.3) is 22.7 Å². The lowest BCUT2D eigenvalue weighted by molar-refractivity contribution is 0.888. The third-order valence-corrected chi connectivity index (χ3v) is 4.10. The van der Waals surface area contributed by atoms with Crippen molar-refractivity contribution in [3.63, 3.8) is 0 Å². The lowest BCUT2D eigenvalue weighted by atomic mass is 10.0. The molecule has 2 heteroatoms. The van der Waals surface area contributed by atoms with E-state index in [1.165, 1.54) is 22.2 Å². The third kappa shape index (κ3) is 1.79. The van der Waals surface area contributed by atoms with Crippen molar-refractivity contribution in [3.8, 4) is 11.8 Å². The van der Waals surface area contributed by atoms with Gasteiger partial charge in [-0.15, -0.1) is 0 Å². The quantitative estimate of drug-likeness (QED) is 0.641. The molecule has 3 aromatic rings. The van der Waals surface area contributed by atoms with E-state index >= 15 is 0 Å². The second-order valence-corrected chi connectivity index (χ2v) is 5.31. The Morgan fingerprint density at radius 1 is 1.00 bits per heavy atom. The van der Waals surface area contributed by atoms with Crippen LogP contribution in [0, 0.1) is 11.3 Å². The Bertz CT molecular complexity index is 890. The smallest absolute Gasteiger partial charge is 0.0991 e. The summed E-state index contributed by atoms with van der Waals surface area (Å²) in [4.78, 5) is 0. The summed E-state index contributed by atoms with van der Waals surface area (Å²) in [6.07, 6.45) is 6.62. The van der Waals surface area contributed by atoms with E-state index in [1.807, 2.05) is 24.3 Å². The van der Waals surface area contributed by atoms with Crippen molar-refractivity contribution in [1.29, 1.82) is 5.26 Å². The molecule has 1 heterocycles. The van der Waals surface area contributed by atoms with Crippen LogP contribution in [-0.4, -0.2) is 4.57 Å². The van der Waals surface area contributed by atoms with E-state index in [0.717, 1.165) is 18.5 Å². The van der Waals surface area contributed by atoms with Gasteiger partial charge in [-0.1, -0.05) is 30.4 Å². The Balaban J connectivity index is 2.03. The fraction of sp³-hybridized carbons (Fsp3) is 0.105. The van der Waals surface area contributed by atoms with Crippen molar-refractivity contribution in [1.82, 2.24) is 4.57 Å². The minimum absolute atomic E-state index is 0.698. The Kier molecular flexibility index (Phi) is 2.65. The summed E-state index contributed by atoms with van der Waals surface area (Å²) in [7, 11) is 0. The van der Waals surface area contributed by atoms with E-state index in [-0.39, 0.29) is 0 Å². The lowest BCUT2D eigenvalue weighted by Gasteiger charge is -2.13. The SMILES string of the molecule is N#Cc1ccc(-n2c3c(c4ccccc42)C=CCC3)cc1. The van der Waals surface area contributed by atoms with E-state index in [1.54, 1.807) is 0 Å². The second kappa shape index (κ2) is 4.64. The average Bonchev–Trinajstić information content (AvgIpc) is 2.90. The molecule has 2 aromatic carbocycles. The maximum atomic E-state index is 8.96. The number of nitrogens with zero attached hydrogens (tertiary/aromatic N) is 2. The fourth-order valence-corrected chi connectivity index (χ4v) is 3.15. The number of benzene rings is 2. The molecule has 2 nitrogen and oxygen atoms in total. The number of hydrogen-bond acceptors (Lipinski definition) is 1. The summed E-state index contributed by atoms with van der Waals surface area (Å²) in [5.41, 5.74) is 5.76. The molecule has 0 radical (unpaired) electrons. The predicted octanol–water partition coefficient (Wildman–Crippen LogP) is 4.46. The van der Waals surface area contributed by atoms with Crippen LogP contribution in [0.15, 0.2) is 54.6 Å². The minimum Gasteiger partial charge on any atom is -0.313 e. The van der Waals surface area contributed by atoms with Crippen LogP contribution < -0.4 is 0 Å². The molecule has 0 bridgehead atoms. The van der Waals surface area contributed by atoms with Gasteiger partial charge in [0, 0.05) is 22.3 Å². The zero-order valence-electron chi connectivity index (χ0n) is 11.6. The van der Waals surface area contributed by atoms with Gasteiger partial charge in [0.15, 0.2) is 0 Å². The van der Waals surface area contributed by atoms with E-state index in [4.69, 9.17) is 5.26 Å². The van der Waals surface area contributed by atoms with Gasteiger partial charge in [-0.05, 0) is 43.2 Å². The van der Waals surface area contributed by atoms with Crippen LogP contribution in [0.4, 0.5) is 0 Å². The number of para-hydroxylation sites is 1. The summed E-state index contributed by atoms with van der Waals surface area (Å²) in [6, 6.07) is 18.5. The predicted molar refractivity (Wildman–Crippen MR) is 85.3 cm³/mol. The Morgan fingerprint density at radius 2 is 1.81 bits per heavy atom. The molecule has 0 saturated carbocycles. The molecule has 0 saturated heterocycles. The molecule has 0 N–H and O–H groups in total. The van der Waals surface area contributed by atoms with Gasteiger partial charge in [-0.3, -0.25) is 0 Å². The van der Waals surface area contributed by atoms with Crippen molar-refractivity contribution < 1.29 is 0 Å². The van der Waals surface area contributed by atoms with E-state index in [9.17, 15) is 0 Å². The number of fused-ring (bicyclic) bond motifs is 3. The average molecular weight is 270 g/mol. The number of nitriles is 1. The first-order valence-electron chi connectivity index (χ1n) is 7.18. The van der Waals surface area contributed by atoms with Crippen LogP contribution in [0.1, 0.15) is 23.2 Å². The maximum Gasteiger partial charge on any atom is 0.0991 e. The summed E-state index contributed by atoms with van der Waals surface area (Å²) in [5, 5.41) is 10.3. The fourth-order valence-electron chi connectivity index (χ4n) is 3.15. The Labute approximate surface area is 123 Å². The van der Waals surface area contributed by atoms with Crippen LogP contribution in [0.5, 0.6) is 0 Å². The zero-order chi connectivity index (χ0) is 14.2. The molecule has 0 spiro atoms. The van der Waals surface area contributed by atoms with Gasteiger partial charge in [0.05, 0.1) is 17.1 Å². The van der Waals surface area contributed by atoms with Crippen molar-refractivity contribution >= 4 is 17.0 Å². The van der Waals surface area contributed by atoms with Gasteiger partial charge in [0.1, 0.15) is 0 Å². The van der Waals surface area contributed by atoms with Gasteiger partial charge in [-0.25, -0.2) is 0 Å². The molecule has 0 atom stereocenters. The first-order valence-corrected chi connectivity index (χ1v) is 7.18. The molecular weight excluding hydrogens is 256 g/mol. The molecule has 0 unspecified atom stereocenters. The van der Waals surface area contributed by atoms with Crippen molar-refractivity contribution in [2.24, 2.45) is 0 Å². The second-order valence-electron chi connectivity index (χ2n) is 5.31. The van der Waals surface area contributed by atoms with Gasteiger partial charge in [0.25, 0.3) is 0 Å². The molecule has 0 aliphatic heterocycles. The molecule has 1 aliphatic carbocycles. The van der Waals surface area contributed by atoms with Gasteiger partial charge in [0.2, 0.25) is 0 Å². The van der Waals surface area contributed by atoms with Crippen LogP contribution in [-0.2, 0) is 6.42 Å². The molecule has 0 amide bonds. The molecule has 1 aliphatic rings. The molecule has 0 fully saturated rings. The number of rotatable bonds is 1. The molecule has 100 valence electrons. The van der Waals surface area contributed by atoms with E-state index in [0.29, 0.717) is 5.56 Å². The molecule has 4 rings (SSSR count). The van der Waals surface area contributed by atoms with Crippen molar-refractivity contribution in [2.75, 3.05) is 0 Å². The standard InChI is InChI=1S/C19H14N2/c20-13-14-9-11-15(12-10-14)21-18-7-3-1-5-16(18)17-6-2-4-8-19(17)21/h1-3,5-7,9-12H,4,8H2. The van der Waals surface area contributed by atoms with E-state index < -0.39 is 0 Å². The first kappa shape index (κ1) is 12.0. The van der Waals surface area contributed by atoms with Gasteiger partial charge in [-0.2, -0.15) is 5.26 Å². The summed E-state index contributed by atoms with van der Waals surface area (Å²) < 4.78 is 2.33. The zero-order valence-corrected chi connectivity index (χ0v) is 11.6. The molecule has 1 aromatic heterocycles. The molecular formula is C19H14N2. The highest BCUT2D eigenvalue weighted by Gasteiger charge is 2.17. The van der Waals surface area contributed by atoms with Crippen molar-refractivity contribution in [3.05, 3.63) is 71.4 Å². The maximum absolute atomic E-state index is 8.96. The third-order valence-electron chi connectivity index (χ3n) is 4.10. The topological polar surface area (TPSA) is 28.7 Å². The first-order chi connectivity index (χ1) is 10.4. The molecule has 21 heavy (non-hydrogen) atoms. The summed E-state index contributed by atoms with van der Waals surface area (Å²) >= 11 is 0. The number of hydrogen-bond donors (Lipinski definition) is 0. The van der Waals surface area contributed by atoms with Crippen LogP contribution in [0.3, 0.4) is 0 Å². The number of allylic oxidation sites excluding steroid dienone is 1. The van der Waals surface area contributed by atoms with Crippen LogP contribution in [0.2, 0.25) is 0 Å². The van der Waals surface area contributed by atoms with Crippen LogP contribution >= 0.6 is 0 Å². The van der Waals surface area contributed by atoms with Gasteiger partial charge >= 0.3 is 0 Å². The highest BCUT2D eigenvalue weighted by Crippen LogP contribution is 2.33. The number of aromatic nitrogens is 1. The van der Waals surface area contributed by atoms with Crippen molar-refractivity contribution in [2.45, 2.75) is 12.8 Å². The monoisotopic (exact) mass is 270 g/mol. The summed E-state index contributed by atoms with van der Waals surface area (Å²) in [5.74, 6) is 0. The highest BCUT2D eigenvalue weighted by atomic mass is 15.0. The normalized spacial score (nSPS) is 13.1.